The van der Waals surface area contributed by atoms with Crippen molar-refractivity contribution in [2.45, 2.75) is 39.2 Å². The van der Waals surface area contributed by atoms with E-state index in [-0.39, 0.29) is 35.5 Å². The maximum atomic E-state index is 13.5. The number of piperazine rings is 1. The summed E-state index contributed by atoms with van der Waals surface area (Å²) in [7, 11) is 0. The molecule has 3 heterocycles. The van der Waals surface area contributed by atoms with Crippen molar-refractivity contribution in [1.82, 2.24) is 19.8 Å². The number of carbonyl (C=O) groups is 3. The summed E-state index contributed by atoms with van der Waals surface area (Å²) < 4.78 is 0. The molecule has 0 radical (unpaired) electrons. The summed E-state index contributed by atoms with van der Waals surface area (Å²) in [5, 5.41) is 0. The molecule has 1 aromatic rings. The summed E-state index contributed by atoms with van der Waals surface area (Å²) >= 11 is 0. The predicted molar refractivity (Wildman–Crippen MR) is 111 cm³/mol. The van der Waals surface area contributed by atoms with E-state index in [1.54, 1.807) is 23.4 Å². The van der Waals surface area contributed by atoms with E-state index in [1.807, 2.05) is 30.9 Å². The van der Waals surface area contributed by atoms with Crippen molar-refractivity contribution in [3.05, 3.63) is 30.6 Å². The Hall–Kier alpha value is -2.77. The van der Waals surface area contributed by atoms with Gasteiger partial charge in [-0.2, -0.15) is 0 Å². The molecule has 1 aromatic heterocycles. The van der Waals surface area contributed by atoms with Crippen LogP contribution in [0.5, 0.6) is 0 Å². The molecule has 30 heavy (non-hydrogen) atoms. The number of carbonyl (C=O) groups excluding carboxylic acids is 3. The highest BCUT2D eigenvalue weighted by molar-refractivity contribution is 6.08. The van der Waals surface area contributed by atoms with Crippen LogP contribution in [0.4, 0.5) is 5.95 Å². The minimum absolute atomic E-state index is 0.120. The van der Waals surface area contributed by atoms with Crippen molar-refractivity contribution < 1.29 is 14.4 Å². The van der Waals surface area contributed by atoms with Crippen molar-refractivity contribution >= 4 is 23.7 Å². The van der Waals surface area contributed by atoms with Crippen LogP contribution in [-0.4, -0.2) is 69.7 Å². The van der Waals surface area contributed by atoms with E-state index in [9.17, 15) is 14.4 Å². The van der Waals surface area contributed by atoms with E-state index < -0.39 is 6.04 Å². The molecule has 4 rings (SSSR count). The van der Waals surface area contributed by atoms with Crippen LogP contribution in [0.15, 0.2) is 30.6 Å². The first kappa shape index (κ1) is 20.5. The van der Waals surface area contributed by atoms with Gasteiger partial charge in [-0.15, -0.1) is 0 Å². The molecular formula is C22H29N5O3. The lowest BCUT2D eigenvalue weighted by Gasteiger charge is -2.38. The average Bonchev–Trinajstić information content (AvgIpc) is 3.02. The lowest BCUT2D eigenvalue weighted by atomic mass is 9.85. The summed E-state index contributed by atoms with van der Waals surface area (Å²) in [5.74, 6) is -0.238. The Morgan fingerprint density at radius 2 is 1.57 bits per heavy atom. The number of allylic oxidation sites excluding steroid dienone is 2. The predicted octanol–water partition coefficient (Wildman–Crippen LogP) is 1.49. The fourth-order valence-corrected chi connectivity index (χ4v) is 4.69. The summed E-state index contributed by atoms with van der Waals surface area (Å²) in [4.78, 5) is 53.3. The second-order valence-electron chi connectivity index (χ2n) is 8.71. The number of fused-ring (bicyclic) bond motifs is 1. The molecule has 0 saturated carbocycles. The molecule has 8 nitrogen and oxygen atoms in total. The highest BCUT2D eigenvalue weighted by Gasteiger charge is 2.51. The van der Waals surface area contributed by atoms with E-state index in [0.717, 1.165) is 0 Å². The highest BCUT2D eigenvalue weighted by atomic mass is 16.2. The Kier molecular flexibility index (Phi) is 5.83. The topological polar surface area (TPSA) is 86.7 Å². The van der Waals surface area contributed by atoms with Crippen LogP contribution in [-0.2, 0) is 14.4 Å². The van der Waals surface area contributed by atoms with Gasteiger partial charge in [-0.25, -0.2) is 9.97 Å². The normalized spacial score (nSPS) is 25.1. The lowest BCUT2D eigenvalue weighted by molar-refractivity contribution is -0.152. The van der Waals surface area contributed by atoms with Gasteiger partial charge in [-0.3, -0.25) is 19.3 Å². The molecule has 0 N–H and O–H groups in total. The van der Waals surface area contributed by atoms with Crippen molar-refractivity contribution in [1.29, 1.82) is 0 Å². The first-order valence-corrected chi connectivity index (χ1v) is 10.8. The van der Waals surface area contributed by atoms with E-state index in [4.69, 9.17) is 0 Å². The third-order valence-electron chi connectivity index (χ3n) is 6.26. The van der Waals surface area contributed by atoms with Gasteiger partial charge in [-0.05, 0) is 31.2 Å². The minimum atomic E-state index is -0.713. The van der Waals surface area contributed by atoms with Crippen molar-refractivity contribution in [3.8, 4) is 0 Å². The number of anilines is 1. The largest absolute Gasteiger partial charge is 0.337 e. The van der Waals surface area contributed by atoms with Gasteiger partial charge in [-0.1, -0.05) is 26.0 Å². The van der Waals surface area contributed by atoms with Crippen LogP contribution >= 0.6 is 0 Å². The molecule has 3 atom stereocenters. The Labute approximate surface area is 176 Å². The number of imide groups is 1. The molecule has 8 heteroatoms. The highest BCUT2D eigenvalue weighted by Crippen LogP contribution is 2.37. The number of amides is 3. The number of nitrogens with zero attached hydrogens (tertiary/aromatic N) is 5. The number of rotatable bonds is 5. The second-order valence-corrected chi connectivity index (χ2v) is 8.71. The number of likely N-dealkylation sites (tertiary alicyclic amines) is 1. The number of hydrogen-bond acceptors (Lipinski definition) is 6. The Morgan fingerprint density at radius 3 is 2.10 bits per heavy atom. The van der Waals surface area contributed by atoms with Crippen LogP contribution in [0.25, 0.3) is 0 Å². The van der Waals surface area contributed by atoms with E-state index in [2.05, 4.69) is 9.97 Å². The maximum Gasteiger partial charge on any atom is 0.246 e. The third-order valence-corrected chi connectivity index (χ3v) is 6.26. The van der Waals surface area contributed by atoms with Crippen LogP contribution in [0.2, 0.25) is 0 Å². The van der Waals surface area contributed by atoms with Crippen LogP contribution in [0.3, 0.4) is 0 Å². The molecule has 0 bridgehead atoms. The summed E-state index contributed by atoms with van der Waals surface area (Å²) in [5.41, 5.74) is 0. The van der Waals surface area contributed by atoms with E-state index >= 15 is 0 Å². The Bertz CT molecular complexity index is 806. The second kappa shape index (κ2) is 8.53. The molecule has 1 aliphatic carbocycles. The summed E-state index contributed by atoms with van der Waals surface area (Å²) in [6.07, 6.45) is 9.02. The van der Waals surface area contributed by atoms with Gasteiger partial charge in [0.05, 0.1) is 11.8 Å². The van der Waals surface area contributed by atoms with Gasteiger partial charge >= 0.3 is 0 Å². The maximum absolute atomic E-state index is 13.5. The van der Waals surface area contributed by atoms with Crippen molar-refractivity contribution in [2.75, 3.05) is 31.1 Å². The van der Waals surface area contributed by atoms with Gasteiger partial charge in [0, 0.05) is 38.6 Å². The Morgan fingerprint density at radius 1 is 1.00 bits per heavy atom. The van der Waals surface area contributed by atoms with Crippen molar-refractivity contribution in [3.63, 3.8) is 0 Å². The van der Waals surface area contributed by atoms with Gasteiger partial charge in [0.15, 0.2) is 0 Å². The van der Waals surface area contributed by atoms with Gasteiger partial charge in [0.25, 0.3) is 0 Å². The van der Waals surface area contributed by atoms with E-state index in [0.29, 0.717) is 51.4 Å². The SMILES string of the molecule is CC(C)CC(C(=O)N1CCN(c2ncccn2)CC1)N1C(=O)C2CC=CCC2C1=O. The Balaban J connectivity index is 1.48. The minimum Gasteiger partial charge on any atom is -0.337 e. The van der Waals surface area contributed by atoms with E-state index in [1.165, 1.54) is 4.90 Å². The molecule has 3 aliphatic rings. The number of aromatic nitrogens is 2. The zero-order chi connectivity index (χ0) is 21.3. The van der Waals surface area contributed by atoms with Gasteiger partial charge in [0.1, 0.15) is 6.04 Å². The monoisotopic (exact) mass is 411 g/mol. The van der Waals surface area contributed by atoms with Crippen LogP contribution in [0.1, 0.15) is 33.1 Å². The van der Waals surface area contributed by atoms with Crippen LogP contribution in [0, 0.1) is 17.8 Å². The zero-order valence-electron chi connectivity index (χ0n) is 17.6. The number of hydrogen-bond donors (Lipinski definition) is 0. The molecule has 2 aliphatic heterocycles. The van der Waals surface area contributed by atoms with Crippen molar-refractivity contribution in [2.24, 2.45) is 17.8 Å². The molecule has 3 amide bonds. The fourth-order valence-electron chi connectivity index (χ4n) is 4.69. The fraction of sp³-hybridized carbons (Fsp3) is 0.591. The molecule has 2 saturated heterocycles. The smallest absolute Gasteiger partial charge is 0.246 e. The average molecular weight is 412 g/mol. The standard InChI is InChI=1S/C22H29N5O3/c1-15(2)14-18(27-19(28)16-6-3-4-7-17(16)20(27)29)21(30)25-10-12-26(13-11-25)22-23-8-5-9-24-22/h3-5,8-9,15-18H,6-7,10-14H2,1-2H3. The molecule has 160 valence electrons. The quantitative estimate of drug-likeness (QED) is 0.539. The van der Waals surface area contributed by atoms with Crippen LogP contribution < -0.4 is 4.90 Å². The molecule has 0 aromatic carbocycles. The molecule has 0 spiro atoms. The molecule has 2 fully saturated rings. The van der Waals surface area contributed by atoms with Gasteiger partial charge in [0.2, 0.25) is 23.7 Å². The van der Waals surface area contributed by atoms with Gasteiger partial charge < -0.3 is 9.80 Å². The third kappa shape index (κ3) is 3.82. The summed E-state index contributed by atoms with van der Waals surface area (Å²) in [6, 6.07) is 1.06. The first-order chi connectivity index (χ1) is 14.5. The summed E-state index contributed by atoms with van der Waals surface area (Å²) in [6.45, 7) is 6.34. The molecule has 3 unspecified atom stereocenters. The zero-order valence-corrected chi connectivity index (χ0v) is 17.6. The molecular weight excluding hydrogens is 382 g/mol. The first-order valence-electron chi connectivity index (χ1n) is 10.8. The lowest BCUT2D eigenvalue weighted by Crippen LogP contribution is -2.56.